The van der Waals surface area contributed by atoms with Crippen LogP contribution in [-0.4, -0.2) is 50.8 Å². The Bertz CT molecular complexity index is 404. The second kappa shape index (κ2) is 9.87. The predicted octanol–water partition coefficient (Wildman–Crippen LogP) is 2.57. The summed E-state index contributed by atoms with van der Waals surface area (Å²) in [6.45, 7) is 6.59. The lowest BCUT2D eigenvalue weighted by atomic mass is 10.2. The second-order valence-corrected chi connectivity index (χ2v) is 5.12. The molecule has 0 bridgehead atoms. The first-order chi connectivity index (χ1) is 9.85. The molecule has 1 aromatic rings. The number of ether oxygens (including phenoxy) is 2. The highest BCUT2D eigenvalue weighted by molar-refractivity contribution is 5.85. The van der Waals surface area contributed by atoms with Crippen molar-refractivity contribution in [3.05, 3.63) is 24.3 Å². The van der Waals surface area contributed by atoms with Crippen LogP contribution in [0, 0.1) is 0 Å². The third-order valence-electron chi connectivity index (χ3n) is 3.72. The smallest absolute Gasteiger partial charge is 0.161 e. The lowest BCUT2D eigenvalue weighted by Crippen LogP contribution is -2.39. The average molecular weight is 315 g/mol. The van der Waals surface area contributed by atoms with Crippen LogP contribution in [0.4, 0.5) is 0 Å². The maximum Gasteiger partial charge on any atom is 0.161 e. The quantitative estimate of drug-likeness (QED) is 0.799. The standard InChI is InChI=1S/C16H26N2O2.ClH/c1-3-19-15-8-4-5-9-16(15)20-12-11-18-10-6-7-14(18)13-17-2;/h4-5,8-9,14,17H,3,6-7,10-13H2,1-2H3;1H. The minimum Gasteiger partial charge on any atom is -0.490 e. The maximum atomic E-state index is 5.89. The van der Waals surface area contributed by atoms with Gasteiger partial charge in [0.25, 0.3) is 0 Å². The van der Waals surface area contributed by atoms with Crippen molar-refractivity contribution in [1.82, 2.24) is 10.2 Å². The predicted molar refractivity (Wildman–Crippen MR) is 88.9 cm³/mol. The normalized spacial score (nSPS) is 18.3. The van der Waals surface area contributed by atoms with E-state index >= 15 is 0 Å². The molecule has 5 heteroatoms. The van der Waals surface area contributed by atoms with Gasteiger partial charge in [-0.25, -0.2) is 0 Å². The highest BCUT2D eigenvalue weighted by atomic mass is 35.5. The molecule has 0 radical (unpaired) electrons. The molecule has 0 saturated carbocycles. The van der Waals surface area contributed by atoms with Crippen molar-refractivity contribution in [1.29, 1.82) is 0 Å². The summed E-state index contributed by atoms with van der Waals surface area (Å²) in [6, 6.07) is 8.54. The Kier molecular flexibility index (Phi) is 8.50. The number of halogens is 1. The van der Waals surface area contributed by atoms with Gasteiger partial charge >= 0.3 is 0 Å². The fraction of sp³-hybridized carbons (Fsp3) is 0.625. The fourth-order valence-electron chi connectivity index (χ4n) is 2.77. The number of para-hydroxylation sites is 2. The number of nitrogens with zero attached hydrogens (tertiary/aromatic N) is 1. The summed E-state index contributed by atoms with van der Waals surface area (Å²) in [6.07, 6.45) is 2.58. The molecule has 21 heavy (non-hydrogen) atoms. The van der Waals surface area contributed by atoms with Gasteiger partial charge in [0.05, 0.1) is 6.61 Å². The van der Waals surface area contributed by atoms with E-state index in [2.05, 4.69) is 10.2 Å². The van der Waals surface area contributed by atoms with E-state index < -0.39 is 0 Å². The molecule has 1 aromatic carbocycles. The molecule has 4 nitrogen and oxygen atoms in total. The van der Waals surface area contributed by atoms with Gasteiger partial charge in [-0.05, 0) is 45.5 Å². The molecule has 1 saturated heterocycles. The van der Waals surface area contributed by atoms with Crippen molar-refractivity contribution >= 4 is 12.4 Å². The molecule has 1 aliphatic rings. The van der Waals surface area contributed by atoms with Crippen LogP contribution < -0.4 is 14.8 Å². The summed E-state index contributed by atoms with van der Waals surface area (Å²) in [7, 11) is 2.02. The van der Waals surface area contributed by atoms with Crippen molar-refractivity contribution < 1.29 is 9.47 Å². The van der Waals surface area contributed by atoms with E-state index in [-0.39, 0.29) is 12.4 Å². The van der Waals surface area contributed by atoms with Gasteiger partial charge in [0, 0.05) is 19.1 Å². The molecule has 120 valence electrons. The van der Waals surface area contributed by atoms with E-state index in [0.29, 0.717) is 19.3 Å². The van der Waals surface area contributed by atoms with Crippen LogP contribution in [0.1, 0.15) is 19.8 Å². The number of likely N-dealkylation sites (N-methyl/N-ethyl adjacent to an activating group) is 1. The van der Waals surface area contributed by atoms with E-state index in [0.717, 1.165) is 24.6 Å². The molecule has 0 aliphatic carbocycles. The van der Waals surface area contributed by atoms with E-state index in [1.165, 1.54) is 19.4 Å². The maximum absolute atomic E-state index is 5.89. The van der Waals surface area contributed by atoms with Crippen molar-refractivity contribution in [2.24, 2.45) is 0 Å². The largest absolute Gasteiger partial charge is 0.490 e. The monoisotopic (exact) mass is 314 g/mol. The topological polar surface area (TPSA) is 33.7 Å². The van der Waals surface area contributed by atoms with Crippen LogP contribution in [0.3, 0.4) is 0 Å². The Labute approximate surface area is 134 Å². The molecule has 1 heterocycles. The summed E-state index contributed by atoms with van der Waals surface area (Å²) in [5.41, 5.74) is 0. The minimum absolute atomic E-state index is 0. The zero-order chi connectivity index (χ0) is 14.2. The van der Waals surface area contributed by atoms with E-state index in [1.807, 2.05) is 38.2 Å². The Balaban J connectivity index is 0.00000220. The number of nitrogens with one attached hydrogen (secondary N) is 1. The Hall–Kier alpha value is -0.970. The van der Waals surface area contributed by atoms with Gasteiger partial charge in [-0.15, -0.1) is 12.4 Å². The van der Waals surface area contributed by atoms with Crippen molar-refractivity contribution in [3.8, 4) is 11.5 Å². The summed E-state index contributed by atoms with van der Waals surface area (Å²) < 4.78 is 11.5. The van der Waals surface area contributed by atoms with Crippen LogP contribution in [0.25, 0.3) is 0 Å². The molecule has 0 spiro atoms. The number of hydrogen-bond acceptors (Lipinski definition) is 4. The van der Waals surface area contributed by atoms with Gasteiger partial charge in [-0.3, -0.25) is 4.90 Å². The zero-order valence-corrected chi connectivity index (χ0v) is 13.8. The van der Waals surface area contributed by atoms with E-state index in [4.69, 9.17) is 9.47 Å². The van der Waals surface area contributed by atoms with Gasteiger partial charge in [0.2, 0.25) is 0 Å². The van der Waals surface area contributed by atoms with Crippen LogP contribution in [-0.2, 0) is 0 Å². The Morgan fingerprint density at radius 2 is 1.95 bits per heavy atom. The molecule has 1 aliphatic heterocycles. The zero-order valence-electron chi connectivity index (χ0n) is 13.0. The molecular weight excluding hydrogens is 288 g/mol. The van der Waals surface area contributed by atoms with Gasteiger partial charge in [0.1, 0.15) is 6.61 Å². The van der Waals surface area contributed by atoms with Crippen molar-refractivity contribution in [3.63, 3.8) is 0 Å². The number of likely N-dealkylation sites (tertiary alicyclic amines) is 1. The van der Waals surface area contributed by atoms with Crippen LogP contribution in [0.2, 0.25) is 0 Å². The minimum atomic E-state index is 0. The first kappa shape index (κ1) is 18.1. The Morgan fingerprint density at radius 1 is 1.24 bits per heavy atom. The van der Waals surface area contributed by atoms with Gasteiger partial charge in [-0.2, -0.15) is 0 Å². The molecule has 2 rings (SSSR count). The third-order valence-corrected chi connectivity index (χ3v) is 3.72. The average Bonchev–Trinajstić information content (AvgIpc) is 2.89. The second-order valence-electron chi connectivity index (χ2n) is 5.12. The first-order valence-corrected chi connectivity index (χ1v) is 7.58. The van der Waals surface area contributed by atoms with Crippen molar-refractivity contribution in [2.75, 3.05) is 39.9 Å². The molecule has 0 amide bonds. The molecular formula is C16H27ClN2O2. The molecule has 1 atom stereocenters. The third kappa shape index (κ3) is 5.38. The highest BCUT2D eigenvalue weighted by Crippen LogP contribution is 2.26. The summed E-state index contributed by atoms with van der Waals surface area (Å²) >= 11 is 0. The number of hydrogen-bond donors (Lipinski definition) is 1. The number of rotatable bonds is 8. The SMILES string of the molecule is CCOc1ccccc1OCCN1CCCC1CNC.Cl. The van der Waals surface area contributed by atoms with E-state index in [9.17, 15) is 0 Å². The van der Waals surface area contributed by atoms with Crippen LogP contribution in [0.5, 0.6) is 11.5 Å². The molecule has 1 unspecified atom stereocenters. The van der Waals surface area contributed by atoms with Gasteiger partial charge < -0.3 is 14.8 Å². The fourth-order valence-corrected chi connectivity index (χ4v) is 2.77. The molecule has 1 N–H and O–H groups in total. The molecule has 1 fully saturated rings. The summed E-state index contributed by atoms with van der Waals surface area (Å²) in [4.78, 5) is 2.51. The van der Waals surface area contributed by atoms with E-state index in [1.54, 1.807) is 0 Å². The van der Waals surface area contributed by atoms with Crippen LogP contribution >= 0.6 is 12.4 Å². The first-order valence-electron chi connectivity index (χ1n) is 7.58. The van der Waals surface area contributed by atoms with Gasteiger partial charge in [0.15, 0.2) is 11.5 Å². The number of benzene rings is 1. The van der Waals surface area contributed by atoms with Gasteiger partial charge in [-0.1, -0.05) is 12.1 Å². The summed E-state index contributed by atoms with van der Waals surface area (Å²) in [5.74, 6) is 1.68. The highest BCUT2D eigenvalue weighted by Gasteiger charge is 2.23. The lowest BCUT2D eigenvalue weighted by Gasteiger charge is -2.24. The summed E-state index contributed by atoms with van der Waals surface area (Å²) in [5, 5.41) is 3.27. The van der Waals surface area contributed by atoms with Crippen molar-refractivity contribution in [2.45, 2.75) is 25.8 Å². The Morgan fingerprint density at radius 3 is 2.62 bits per heavy atom. The lowest BCUT2D eigenvalue weighted by molar-refractivity contribution is 0.190. The molecule has 0 aromatic heterocycles. The van der Waals surface area contributed by atoms with Crippen LogP contribution in [0.15, 0.2) is 24.3 Å².